The van der Waals surface area contributed by atoms with Crippen molar-refractivity contribution in [1.82, 2.24) is 0 Å². The van der Waals surface area contributed by atoms with Crippen LogP contribution in [0.4, 0.5) is 4.39 Å². The average molecular weight is 241 g/mol. The predicted octanol–water partition coefficient (Wildman–Crippen LogP) is 3.01. The molecule has 0 aromatic heterocycles. The van der Waals surface area contributed by atoms with Crippen LogP contribution in [0.3, 0.4) is 0 Å². The molecule has 0 rings (SSSR count). The highest BCUT2D eigenvalue weighted by Crippen LogP contribution is 2.14. The minimum Gasteiger partial charge on any atom is -0.375 e. The second kappa shape index (κ2) is 9.14. The molecule has 98 valence electrons. The topological polar surface area (TPSA) is 35.2 Å². The summed E-state index contributed by atoms with van der Waals surface area (Å²) in [5.41, 5.74) is 6.54. The monoisotopic (exact) mass is 241 g/mol. The van der Waals surface area contributed by atoms with Gasteiger partial charge >= 0.3 is 0 Å². The summed E-state index contributed by atoms with van der Waals surface area (Å²) >= 11 is 0. The molecule has 17 heavy (non-hydrogen) atoms. The highest BCUT2D eigenvalue weighted by molar-refractivity contribution is 5.28. The van der Waals surface area contributed by atoms with Gasteiger partial charge in [0.2, 0.25) is 0 Å². The Hall–Kier alpha value is -0.930. The van der Waals surface area contributed by atoms with Crippen molar-refractivity contribution in [2.75, 3.05) is 13.8 Å². The quantitative estimate of drug-likeness (QED) is 0.663. The molecule has 0 aromatic rings. The van der Waals surface area contributed by atoms with Crippen molar-refractivity contribution >= 4 is 0 Å². The van der Waals surface area contributed by atoms with Gasteiger partial charge in [-0.1, -0.05) is 51.2 Å². The molecule has 0 fully saturated rings. The number of alkyl halides is 1. The number of rotatable bonds is 8. The van der Waals surface area contributed by atoms with Crippen LogP contribution in [0.15, 0.2) is 36.5 Å². The Morgan fingerprint density at radius 1 is 1.53 bits per heavy atom. The molecule has 0 amide bonds. The van der Waals surface area contributed by atoms with Crippen LogP contribution in [0.2, 0.25) is 0 Å². The van der Waals surface area contributed by atoms with E-state index in [1.54, 1.807) is 6.08 Å². The van der Waals surface area contributed by atoms with Crippen LogP contribution in [0.1, 0.15) is 20.3 Å². The highest BCUT2D eigenvalue weighted by Gasteiger charge is 2.19. The maximum Gasteiger partial charge on any atom is 0.107 e. The number of ether oxygens (including phenoxy) is 1. The molecule has 0 aromatic carbocycles. The van der Waals surface area contributed by atoms with Crippen LogP contribution in [-0.2, 0) is 4.74 Å². The normalized spacial score (nSPS) is 18.1. The van der Waals surface area contributed by atoms with Gasteiger partial charge in [0, 0.05) is 7.11 Å². The Morgan fingerprint density at radius 2 is 2.18 bits per heavy atom. The minimum absolute atomic E-state index is 0.432. The van der Waals surface area contributed by atoms with Gasteiger partial charge in [-0.2, -0.15) is 0 Å². The zero-order valence-electron chi connectivity index (χ0n) is 11.0. The Morgan fingerprint density at radius 3 is 2.59 bits per heavy atom. The first kappa shape index (κ1) is 16.1. The SMILES string of the molecule is C=C/C=C(\C=C/C(C)CC)C(OC)C(N)CF. The van der Waals surface area contributed by atoms with Crippen molar-refractivity contribution in [1.29, 1.82) is 0 Å². The van der Waals surface area contributed by atoms with Gasteiger partial charge in [-0.05, 0) is 11.5 Å². The molecule has 0 heterocycles. The van der Waals surface area contributed by atoms with E-state index in [0.717, 1.165) is 12.0 Å². The Bertz CT molecular complexity index is 273. The third kappa shape index (κ3) is 5.80. The van der Waals surface area contributed by atoms with Crippen molar-refractivity contribution < 1.29 is 9.13 Å². The third-order valence-electron chi connectivity index (χ3n) is 2.72. The molecule has 0 saturated carbocycles. The lowest BCUT2D eigenvalue weighted by atomic mass is 10.00. The van der Waals surface area contributed by atoms with Crippen molar-refractivity contribution in [3.05, 3.63) is 36.5 Å². The lowest BCUT2D eigenvalue weighted by Crippen LogP contribution is -2.39. The second-order valence-electron chi connectivity index (χ2n) is 4.12. The fraction of sp³-hybridized carbons (Fsp3) is 0.571. The second-order valence-corrected chi connectivity index (χ2v) is 4.12. The van der Waals surface area contributed by atoms with E-state index in [1.807, 2.05) is 12.2 Å². The Balaban J connectivity index is 4.88. The molecule has 3 heteroatoms. The van der Waals surface area contributed by atoms with Gasteiger partial charge < -0.3 is 10.5 Å². The molecule has 0 saturated heterocycles. The molecule has 2 N–H and O–H groups in total. The zero-order valence-corrected chi connectivity index (χ0v) is 11.0. The van der Waals surface area contributed by atoms with Crippen LogP contribution < -0.4 is 5.73 Å². The van der Waals surface area contributed by atoms with E-state index in [1.165, 1.54) is 7.11 Å². The molecule has 0 bridgehead atoms. The van der Waals surface area contributed by atoms with E-state index in [2.05, 4.69) is 26.5 Å². The molecule has 2 nitrogen and oxygen atoms in total. The summed E-state index contributed by atoms with van der Waals surface area (Å²) in [7, 11) is 1.54. The summed E-state index contributed by atoms with van der Waals surface area (Å²) in [5.74, 6) is 0.474. The van der Waals surface area contributed by atoms with E-state index < -0.39 is 18.8 Å². The summed E-state index contributed by atoms with van der Waals surface area (Å²) in [4.78, 5) is 0. The van der Waals surface area contributed by atoms with E-state index in [4.69, 9.17) is 10.5 Å². The first-order valence-corrected chi connectivity index (χ1v) is 5.95. The lowest BCUT2D eigenvalue weighted by Gasteiger charge is -2.21. The molecule has 3 unspecified atom stereocenters. The van der Waals surface area contributed by atoms with Gasteiger partial charge in [0.05, 0.1) is 12.1 Å². The standard InChI is InChI=1S/C14H24FNO/c1-5-7-12(9-8-11(3)6-2)14(17-4)13(16)10-15/h5,7-9,11,13-14H,1,6,10,16H2,2-4H3/b9-8-,12-7+. The van der Waals surface area contributed by atoms with E-state index >= 15 is 0 Å². The largest absolute Gasteiger partial charge is 0.375 e. The number of halogens is 1. The van der Waals surface area contributed by atoms with Crippen LogP contribution in [0.25, 0.3) is 0 Å². The third-order valence-corrected chi connectivity index (χ3v) is 2.72. The van der Waals surface area contributed by atoms with E-state index in [-0.39, 0.29) is 0 Å². The summed E-state index contributed by atoms with van der Waals surface area (Å²) in [6.45, 7) is 7.28. The van der Waals surface area contributed by atoms with Gasteiger partial charge in [0.15, 0.2) is 0 Å². The molecule has 3 atom stereocenters. The molecule has 0 spiro atoms. The maximum absolute atomic E-state index is 12.6. The maximum atomic E-state index is 12.6. The summed E-state index contributed by atoms with van der Waals surface area (Å²) in [5, 5.41) is 0. The fourth-order valence-corrected chi connectivity index (χ4v) is 1.43. The molecule has 0 aliphatic rings. The fourth-order valence-electron chi connectivity index (χ4n) is 1.43. The van der Waals surface area contributed by atoms with Crippen molar-refractivity contribution in [3.63, 3.8) is 0 Å². The molecule has 0 aliphatic heterocycles. The van der Waals surface area contributed by atoms with Gasteiger partial charge in [-0.25, -0.2) is 4.39 Å². The number of allylic oxidation sites excluding steroid dienone is 3. The average Bonchev–Trinajstić information content (AvgIpc) is 2.35. The van der Waals surface area contributed by atoms with Crippen molar-refractivity contribution in [3.8, 4) is 0 Å². The van der Waals surface area contributed by atoms with Crippen LogP contribution in [0.5, 0.6) is 0 Å². The van der Waals surface area contributed by atoms with Crippen LogP contribution in [0, 0.1) is 5.92 Å². The number of hydrogen-bond acceptors (Lipinski definition) is 2. The summed E-state index contributed by atoms with van der Waals surface area (Å²) in [6, 6.07) is -0.646. The van der Waals surface area contributed by atoms with Crippen molar-refractivity contribution in [2.45, 2.75) is 32.4 Å². The lowest BCUT2D eigenvalue weighted by molar-refractivity contribution is 0.102. The van der Waals surface area contributed by atoms with Gasteiger partial charge in [0.1, 0.15) is 6.67 Å². The molecule has 0 aliphatic carbocycles. The number of methoxy groups -OCH3 is 1. The summed E-state index contributed by atoms with van der Waals surface area (Å²) < 4.78 is 17.9. The van der Waals surface area contributed by atoms with Gasteiger partial charge in [-0.3, -0.25) is 0 Å². The number of hydrogen-bond donors (Lipinski definition) is 1. The van der Waals surface area contributed by atoms with E-state index in [9.17, 15) is 4.39 Å². The predicted molar refractivity (Wildman–Crippen MR) is 71.6 cm³/mol. The van der Waals surface area contributed by atoms with Crippen LogP contribution >= 0.6 is 0 Å². The smallest absolute Gasteiger partial charge is 0.107 e. The summed E-state index contributed by atoms with van der Waals surface area (Å²) in [6.07, 6.45) is 8.12. The molecular formula is C14H24FNO. The Labute approximate surface area is 104 Å². The van der Waals surface area contributed by atoms with Gasteiger partial charge in [-0.15, -0.1) is 0 Å². The minimum atomic E-state index is -0.646. The highest BCUT2D eigenvalue weighted by atomic mass is 19.1. The molecule has 0 radical (unpaired) electrons. The first-order chi connectivity index (χ1) is 8.10. The first-order valence-electron chi connectivity index (χ1n) is 5.95. The van der Waals surface area contributed by atoms with Gasteiger partial charge in [0.25, 0.3) is 0 Å². The zero-order chi connectivity index (χ0) is 13.3. The number of nitrogens with two attached hydrogens (primary N) is 1. The van der Waals surface area contributed by atoms with Crippen LogP contribution in [-0.4, -0.2) is 25.9 Å². The van der Waals surface area contributed by atoms with Crippen molar-refractivity contribution in [2.24, 2.45) is 11.7 Å². The van der Waals surface area contributed by atoms with E-state index in [0.29, 0.717) is 5.92 Å². The molecular weight excluding hydrogens is 217 g/mol. The Kier molecular flexibility index (Phi) is 8.64.